The van der Waals surface area contributed by atoms with Crippen molar-refractivity contribution >= 4 is 11.6 Å². The first-order valence-electron chi connectivity index (χ1n) is 9.67. The van der Waals surface area contributed by atoms with Crippen molar-refractivity contribution < 1.29 is 4.79 Å². The highest BCUT2D eigenvalue weighted by Crippen LogP contribution is 2.24. The van der Waals surface area contributed by atoms with Crippen molar-refractivity contribution in [3.63, 3.8) is 0 Å². The van der Waals surface area contributed by atoms with Crippen LogP contribution in [0.4, 0.5) is 5.69 Å². The molecular formula is C21H28N4O2. The summed E-state index contributed by atoms with van der Waals surface area (Å²) < 4.78 is 1.33. The maximum absolute atomic E-state index is 12.8. The van der Waals surface area contributed by atoms with Crippen LogP contribution in [0.2, 0.25) is 0 Å². The first-order valence-corrected chi connectivity index (χ1v) is 9.67. The minimum Gasteiger partial charge on any atom is -0.370 e. The van der Waals surface area contributed by atoms with Crippen molar-refractivity contribution in [3.8, 4) is 0 Å². The molecule has 144 valence electrons. The Morgan fingerprint density at radius 2 is 2.07 bits per heavy atom. The van der Waals surface area contributed by atoms with Crippen LogP contribution in [0.25, 0.3) is 0 Å². The first kappa shape index (κ1) is 19.1. The number of aromatic nitrogens is 2. The van der Waals surface area contributed by atoms with Gasteiger partial charge in [0.25, 0.3) is 5.56 Å². The molecule has 6 heteroatoms. The third-order valence-electron chi connectivity index (χ3n) is 5.25. The fourth-order valence-electron chi connectivity index (χ4n) is 3.66. The normalized spacial score (nSPS) is 17.0. The number of aryl methyl sites for hydroxylation is 1. The van der Waals surface area contributed by atoms with Crippen LogP contribution < -0.4 is 10.5 Å². The summed E-state index contributed by atoms with van der Waals surface area (Å²) >= 11 is 0. The van der Waals surface area contributed by atoms with Gasteiger partial charge in [0.05, 0.1) is 11.9 Å². The van der Waals surface area contributed by atoms with Gasteiger partial charge in [-0.3, -0.25) is 9.59 Å². The molecule has 0 bridgehead atoms. The fraction of sp³-hybridized carbons (Fsp3) is 0.476. The van der Waals surface area contributed by atoms with Gasteiger partial charge in [0.1, 0.15) is 0 Å². The highest BCUT2D eigenvalue weighted by atomic mass is 16.2. The Morgan fingerprint density at radius 3 is 2.78 bits per heavy atom. The third-order valence-corrected chi connectivity index (χ3v) is 5.25. The molecule has 0 N–H and O–H groups in total. The van der Waals surface area contributed by atoms with Gasteiger partial charge in [0.2, 0.25) is 5.91 Å². The van der Waals surface area contributed by atoms with Gasteiger partial charge in [0.15, 0.2) is 0 Å². The molecule has 0 aliphatic carbocycles. The van der Waals surface area contributed by atoms with E-state index in [-0.39, 0.29) is 11.5 Å². The quantitative estimate of drug-likeness (QED) is 0.786. The molecule has 3 rings (SSSR count). The van der Waals surface area contributed by atoms with E-state index in [1.165, 1.54) is 4.68 Å². The number of anilines is 1. The van der Waals surface area contributed by atoms with E-state index in [0.29, 0.717) is 25.4 Å². The zero-order valence-electron chi connectivity index (χ0n) is 16.2. The Hall–Kier alpha value is -2.63. The van der Waals surface area contributed by atoms with Crippen LogP contribution in [0, 0.1) is 5.92 Å². The Bertz CT molecular complexity index is 818. The molecule has 1 aliphatic heterocycles. The lowest BCUT2D eigenvalue weighted by Crippen LogP contribution is -2.39. The van der Waals surface area contributed by atoms with Crippen LogP contribution in [0.15, 0.2) is 47.4 Å². The van der Waals surface area contributed by atoms with Gasteiger partial charge < -0.3 is 9.80 Å². The molecule has 1 atom stereocenters. The molecule has 0 radical (unpaired) electrons. The maximum Gasteiger partial charge on any atom is 0.268 e. The van der Waals surface area contributed by atoms with Crippen LogP contribution in [0.5, 0.6) is 0 Å². The Kier molecular flexibility index (Phi) is 6.27. The van der Waals surface area contributed by atoms with E-state index in [0.717, 1.165) is 37.2 Å². The second kappa shape index (κ2) is 8.84. The lowest BCUT2D eigenvalue weighted by molar-refractivity contribution is -0.132. The first-order chi connectivity index (χ1) is 13.1. The lowest BCUT2D eigenvalue weighted by Gasteiger charge is -2.34. The molecule has 6 nitrogen and oxygen atoms in total. The van der Waals surface area contributed by atoms with Crippen LogP contribution in [0.3, 0.4) is 0 Å². The summed E-state index contributed by atoms with van der Waals surface area (Å²) in [5.41, 5.74) is 1.90. The number of piperidine rings is 1. The van der Waals surface area contributed by atoms with Crippen LogP contribution in [-0.2, 0) is 18.4 Å². The van der Waals surface area contributed by atoms with Gasteiger partial charge in [-0.15, -0.1) is 0 Å². The molecule has 1 unspecified atom stereocenters. The van der Waals surface area contributed by atoms with Crippen LogP contribution in [0.1, 0.15) is 31.7 Å². The zero-order chi connectivity index (χ0) is 19.2. The van der Waals surface area contributed by atoms with E-state index in [1.54, 1.807) is 19.3 Å². The summed E-state index contributed by atoms with van der Waals surface area (Å²) in [5.74, 6) is 0.510. The average molecular weight is 368 g/mol. The number of hydrogen-bond donors (Lipinski definition) is 0. The van der Waals surface area contributed by atoms with Crippen molar-refractivity contribution in [1.29, 1.82) is 0 Å². The van der Waals surface area contributed by atoms with Crippen LogP contribution in [-0.4, -0.2) is 40.2 Å². The molecule has 1 aromatic heterocycles. The van der Waals surface area contributed by atoms with Crippen molar-refractivity contribution in [2.24, 2.45) is 13.0 Å². The van der Waals surface area contributed by atoms with Crippen LogP contribution >= 0.6 is 0 Å². The van der Waals surface area contributed by atoms with E-state index in [2.05, 4.69) is 22.1 Å². The number of benzene rings is 1. The van der Waals surface area contributed by atoms with E-state index in [4.69, 9.17) is 0 Å². The van der Waals surface area contributed by atoms with Crippen molar-refractivity contribution in [3.05, 3.63) is 58.5 Å². The molecule has 1 fully saturated rings. The van der Waals surface area contributed by atoms with E-state index in [9.17, 15) is 9.59 Å². The largest absolute Gasteiger partial charge is 0.370 e. The molecule has 27 heavy (non-hydrogen) atoms. The van der Waals surface area contributed by atoms with E-state index < -0.39 is 0 Å². The number of amides is 1. The van der Waals surface area contributed by atoms with Gasteiger partial charge in [-0.05, 0) is 31.2 Å². The SMILES string of the molecule is CCN(Cc1ccccc1)C(=O)CC1CCCN(c2cnn(C)c(=O)c2)C1. The molecular weight excluding hydrogens is 340 g/mol. The molecule has 0 saturated carbocycles. The van der Waals surface area contributed by atoms with Gasteiger partial charge >= 0.3 is 0 Å². The number of carbonyl (C=O) groups is 1. The number of nitrogens with zero attached hydrogens (tertiary/aromatic N) is 4. The van der Waals surface area contributed by atoms with Crippen molar-refractivity contribution in [1.82, 2.24) is 14.7 Å². The molecule has 0 spiro atoms. The van der Waals surface area contributed by atoms with Gasteiger partial charge in [-0.25, -0.2) is 4.68 Å². The maximum atomic E-state index is 12.8. The van der Waals surface area contributed by atoms with Gasteiger partial charge in [0, 0.05) is 45.7 Å². The molecule has 1 aromatic carbocycles. The zero-order valence-corrected chi connectivity index (χ0v) is 16.2. The molecule has 1 aliphatic rings. The summed E-state index contributed by atoms with van der Waals surface area (Å²) in [6.07, 6.45) is 4.36. The summed E-state index contributed by atoms with van der Waals surface area (Å²) in [6, 6.07) is 11.7. The summed E-state index contributed by atoms with van der Waals surface area (Å²) in [6.45, 7) is 5.10. The monoisotopic (exact) mass is 368 g/mol. The summed E-state index contributed by atoms with van der Waals surface area (Å²) in [4.78, 5) is 28.8. The molecule has 1 amide bonds. The van der Waals surface area contributed by atoms with E-state index >= 15 is 0 Å². The predicted molar refractivity (Wildman–Crippen MR) is 107 cm³/mol. The topological polar surface area (TPSA) is 58.4 Å². The number of hydrogen-bond acceptors (Lipinski definition) is 4. The Labute approximate surface area is 160 Å². The number of carbonyl (C=O) groups excluding carboxylic acids is 1. The molecule has 2 heterocycles. The fourth-order valence-corrected chi connectivity index (χ4v) is 3.66. The minimum absolute atomic E-state index is 0.106. The molecule has 1 saturated heterocycles. The van der Waals surface area contributed by atoms with Crippen molar-refractivity contribution in [2.75, 3.05) is 24.5 Å². The lowest BCUT2D eigenvalue weighted by atomic mass is 9.94. The summed E-state index contributed by atoms with van der Waals surface area (Å²) in [5, 5.41) is 4.12. The van der Waals surface area contributed by atoms with Crippen molar-refractivity contribution in [2.45, 2.75) is 32.7 Å². The Balaban J connectivity index is 1.61. The predicted octanol–water partition coefficient (Wildman–Crippen LogP) is 2.44. The Morgan fingerprint density at radius 1 is 1.30 bits per heavy atom. The number of rotatable bonds is 6. The highest BCUT2D eigenvalue weighted by molar-refractivity contribution is 5.76. The standard InChI is InChI=1S/C21H28N4O2/c1-3-24(15-17-8-5-4-6-9-17)21(27)12-18-10-7-11-25(16-18)19-13-20(26)23(2)22-14-19/h4-6,8-9,13-14,18H,3,7,10-12,15-16H2,1-2H3. The van der Waals surface area contributed by atoms with E-state index in [1.807, 2.05) is 30.0 Å². The summed E-state index contributed by atoms with van der Waals surface area (Å²) in [7, 11) is 1.65. The average Bonchev–Trinajstić information content (AvgIpc) is 2.69. The third kappa shape index (κ3) is 4.96. The van der Waals surface area contributed by atoms with Gasteiger partial charge in [-0.1, -0.05) is 30.3 Å². The smallest absolute Gasteiger partial charge is 0.268 e. The second-order valence-corrected chi connectivity index (χ2v) is 7.23. The second-order valence-electron chi connectivity index (χ2n) is 7.23. The highest BCUT2D eigenvalue weighted by Gasteiger charge is 2.25. The van der Waals surface area contributed by atoms with Gasteiger partial charge in [-0.2, -0.15) is 5.10 Å². The minimum atomic E-state index is -0.106. The molecule has 2 aromatic rings.